The fraction of sp³-hybridized carbons (Fsp3) is 0.353. The zero-order valence-electron chi connectivity index (χ0n) is 14.0. The third-order valence-electron chi connectivity index (χ3n) is 4.24. The van der Waals surface area contributed by atoms with Crippen LogP contribution in [-0.4, -0.2) is 58.0 Å². The number of aromatic amines is 1. The van der Waals surface area contributed by atoms with Crippen LogP contribution in [-0.2, 0) is 6.18 Å². The number of hydrogen-bond acceptors (Lipinski definition) is 3. The molecule has 1 saturated heterocycles. The van der Waals surface area contributed by atoms with Crippen LogP contribution in [0.1, 0.15) is 32.1 Å². The van der Waals surface area contributed by atoms with Crippen LogP contribution >= 0.6 is 0 Å². The molecule has 1 aromatic heterocycles. The Labute approximate surface area is 147 Å². The molecule has 2 amide bonds. The lowest BCUT2D eigenvalue weighted by atomic mass is 10.1. The van der Waals surface area contributed by atoms with Crippen molar-refractivity contribution in [2.45, 2.75) is 13.1 Å². The number of nitrogens with one attached hydrogen (secondary N) is 1. The summed E-state index contributed by atoms with van der Waals surface area (Å²) in [5, 5.41) is 6.64. The Balaban J connectivity index is 1.61. The molecule has 1 N–H and O–H groups in total. The average molecular weight is 366 g/mol. The second-order valence-corrected chi connectivity index (χ2v) is 6.10. The second kappa shape index (κ2) is 6.81. The molecule has 0 radical (unpaired) electrons. The summed E-state index contributed by atoms with van der Waals surface area (Å²) in [7, 11) is 0. The number of amides is 2. The van der Waals surface area contributed by atoms with Crippen LogP contribution in [0.2, 0.25) is 0 Å². The molecular formula is C17H17F3N4O2. The molecule has 0 aliphatic carbocycles. The Morgan fingerprint density at radius 3 is 2.00 bits per heavy atom. The molecule has 0 atom stereocenters. The Morgan fingerprint density at radius 2 is 1.54 bits per heavy atom. The van der Waals surface area contributed by atoms with Gasteiger partial charge in [0.1, 0.15) is 5.69 Å². The van der Waals surface area contributed by atoms with E-state index in [2.05, 4.69) is 10.2 Å². The first-order chi connectivity index (χ1) is 12.3. The molecule has 6 nitrogen and oxygen atoms in total. The largest absolute Gasteiger partial charge is 0.416 e. The zero-order valence-corrected chi connectivity index (χ0v) is 14.0. The summed E-state index contributed by atoms with van der Waals surface area (Å²) < 4.78 is 37.8. The van der Waals surface area contributed by atoms with Gasteiger partial charge in [0.15, 0.2) is 0 Å². The van der Waals surface area contributed by atoms with Gasteiger partial charge in [0.25, 0.3) is 11.8 Å². The predicted molar refractivity (Wildman–Crippen MR) is 86.6 cm³/mol. The van der Waals surface area contributed by atoms with Gasteiger partial charge in [0, 0.05) is 37.4 Å². The number of carbonyl (C=O) groups excluding carboxylic acids is 2. The molecular weight excluding hydrogens is 349 g/mol. The van der Waals surface area contributed by atoms with Crippen molar-refractivity contribution in [3.8, 4) is 0 Å². The number of aryl methyl sites for hydroxylation is 1. The van der Waals surface area contributed by atoms with E-state index >= 15 is 0 Å². The summed E-state index contributed by atoms with van der Waals surface area (Å²) >= 11 is 0. The Morgan fingerprint density at radius 1 is 1.00 bits per heavy atom. The van der Waals surface area contributed by atoms with E-state index in [-0.39, 0.29) is 17.4 Å². The predicted octanol–water partition coefficient (Wildman–Crippen LogP) is 2.34. The molecule has 0 spiro atoms. The monoisotopic (exact) mass is 366 g/mol. The summed E-state index contributed by atoms with van der Waals surface area (Å²) in [5.74, 6) is -0.558. The lowest BCUT2D eigenvalue weighted by Crippen LogP contribution is -2.50. The third-order valence-corrected chi connectivity index (χ3v) is 4.24. The van der Waals surface area contributed by atoms with Crippen molar-refractivity contribution in [3.63, 3.8) is 0 Å². The van der Waals surface area contributed by atoms with Gasteiger partial charge in [-0.15, -0.1) is 0 Å². The van der Waals surface area contributed by atoms with Gasteiger partial charge >= 0.3 is 6.18 Å². The highest BCUT2D eigenvalue weighted by molar-refractivity contribution is 5.95. The van der Waals surface area contributed by atoms with E-state index in [1.165, 1.54) is 17.0 Å². The Hall–Kier alpha value is -2.84. The van der Waals surface area contributed by atoms with Crippen molar-refractivity contribution in [2.75, 3.05) is 26.2 Å². The summed E-state index contributed by atoms with van der Waals surface area (Å²) in [6, 6.07) is 5.80. The number of rotatable bonds is 2. The SMILES string of the molecule is Cc1cc(C(=O)N2CCN(C(=O)c3ccc(C(F)(F)F)cc3)CC2)n[nH]1. The van der Waals surface area contributed by atoms with Gasteiger partial charge in [-0.25, -0.2) is 0 Å². The van der Waals surface area contributed by atoms with E-state index in [0.29, 0.717) is 31.9 Å². The van der Waals surface area contributed by atoms with Gasteiger partial charge in [-0.3, -0.25) is 14.7 Å². The van der Waals surface area contributed by atoms with E-state index in [1.807, 2.05) is 0 Å². The molecule has 2 aromatic rings. The maximum Gasteiger partial charge on any atom is 0.416 e. The van der Waals surface area contributed by atoms with Crippen molar-refractivity contribution >= 4 is 11.8 Å². The minimum absolute atomic E-state index is 0.195. The topological polar surface area (TPSA) is 69.3 Å². The van der Waals surface area contributed by atoms with Crippen molar-refractivity contribution in [1.82, 2.24) is 20.0 Å². The Bertz CT molecular complexity index is 806. The zero-order chi connectivity index (χ0) is 18.9. The fourth-order valence-corrected chi connectivity index (χ4v) is 2.79. The van der Waals surface area contributed by atoms with Crippen molar-refractivity contribution in [2.24, 2.45) is 0 Å². The molecule has 3 rings (SSSR count). The van der Waals surface area contributed by atoms with Gasteiger partial charge in [-0.05, 0) is 37.3 Å². The number of piperazine rings is 1. The maximum atomic E-state index is 12.6. The molecule has 1 aliphatic rings. The van der Waals surface area contributed by atoms with Crippen molar-refractivity contribution < 1.29 is 22.8 Å². The molecule has 2 heterocycles. The average Bonchev–Trinajstić information content (AvgIpc) is 3.06. The normalized spacial score (nSPS) is 15.2. The lowest BCUT2D eigenvalue weighted by molar-refractivity contribution is -0.137. The molecule has 26 heavy (non-hydrogen) atoms. The highest BCUT2D eigenvalue weighted by atomic mass is 19.4. The highest BCUT2D eigenvalue weighted by Gasteiger charge is 2.31. The molecule has 0 saturated carbocycles. The van der Waals surface area contributed by atoms with Crippen LogP contribution in [0.25, 0.3) is 0 Å². The number of nitrogens with zero attached hydrogens (tertiary/aromatic N) is 3. The number of alkyl halides is 3. The van der Waals surface area contributed by atoms with Crippen LogP contribution in [0, 0.1) is 6.92 Å². The number of aromatic nitrogens is 2. The molecule has 0 unspecified atom stereocenters. The van der Waals surface area contributed by atoms with Crippen molar-refractivity contribution in [1.29, 1.82) is 0 Å². The molecule has 1 aliphatic heterocycles. The van der Waals surface area contributed by atoms with Crippen LogP contribution in [0.5, 0.6) is 0 Å². The van der Waals surface area contributed by atoms with Crippen LogP contribution < -0.4 is 0 Å². The summed E-state index contributed by atoms with van der Waals surface area (Å²) in [5.41, 5.74) is 0.508. The highest BCUT2D eigenvalue weighted by Crippen LogP contribution is 2.29. The minimum atomic E-state index is -4.43. The van der Waals surface area contributed by atoms with E-state index in [1.54, 1.807) is 17.9 Å². The van der Waals surface area contributed by atoms with Gasteiger partial charge in [0.2, 0.25) is 0 Å². The number of hydrogen-bond donors (Lipinski definition) is 1. The fourth-order valence-electron chi connectivity index (χ4n) is 2.79. The Kier molecular flexibility index (Phi) is 4.71. The number of halogens is 3. The molecule has 1 aromatic carbocycles. The number of benzene rings is 1. The van der Waals surface area contributed by atoms with E-state index < -0.39 is 11.7 Å². The van der Waals surface area contributed by atoms with Gasteiger partial charge in [-0.2, -0.15) is 18.3 Å². The number of carbonyl (C=O) groups is 2. The van der Waals surface area contributed by atoms with Gasteiger partial charge in [-0.1, -0.05) is 0 Å². The summed E-state index contributed by atoms with van der Waals surface area (Å²) in [6.45, 7) is 3.11. The lowest BCUT2D eigenvalue weighted by Gasteiger charge is -2.34. The quantitative estimate of drug-likeness (QED) is 0.887. The first-order valence-corrected chi connectivity index (χ1v) is 8.03. The second-order valence-electron chi connectivity index (χ2n) is 6.10. The number of H-pyrrole nitrogens is 1. The summed E-state index contributed by atoms with van der Waals surface area (Å²) in [6.07, 6.45) is -4.43. The molecule has 138 valence electrons. The maximum absolute atomic E-state index is 12.6. The third kappa shape index (κ3) is 3.71. The first-order valence-electron chi connectivity index (χ1n) is 8.03. The molecule has 1 fully saturated rings. The minimum Gasteiger partial charge on any atom is -0.335 e. The van der Waals surface area contributed by atoms with Gasteiger partial charge < -0.3 is 9.80 Å². The molecule has 0 bridgehead atoms. The molecule has 9 heteroatoms. The van der Waals surface area contributed by atoms with Gasteiger partial charge in [0.05, 0.1) is 5.56 Å². The van der Waals surface area contributed by atoms with Crippen LogP contribution in [0.15, 0.2) is 30.3 Å². The summed E-state index contributed by atoms with van der Waals surface area (Å²) in [4.78, 5) is 27.9. The van der Waals surface area contributed by atoms with Crippen molar-refractivity contribution in [3.05, 3.63) is 52.8 Å². The smallest absolute Gasteiger partial charge is 0.335 e. The standard InChI is InChI=1S/C17H17F3N4O2/c1-11-10-14(22-21-11)16(26)24-8-6-23(7-9-24)15(25)12-2-4-13(5-3-12)17(18,19)20/h2-5,10H,6-9H2,1H3,(H,21,22). The first kappa shape index (κ1) is 18.0. The van der Waals surface area contributed by atoms with Crippen LogP contribution in [0.4, 0.5) is 13.2 Å². The van der Waals surface area contributed by atoms with Crippen LogP contribution in [0.3, 0.4) is 0 Å². The van der Waals surface area contributed by atoms with E-state index in [4.69, 9.17) is 0 Å². The van der Waals surface area contributed by atoms with E-state index in [0.717, 1.165) is 17.8 Å². The van der Waals surface area contributed by atoms with E-state index in [9.17, 15) is 22.8 Å².